The number of fused-ring (bicyclic) bond motifs is 9. The lowest BCUT2D eigenvalue weighted by Gasteiger charge is -2.49. The van der Waals surface area contributed by atoms with Gasteiger partial charge in [-0.2, -0.15) is 0 Å². The van der Waals surface area contributed by atoms with Gasteiger partial charge in [-0.1, -0.05) is 137 Å². The predicted octanol–water partition coefficient (Wildman–Crippen LogP) is 14.1. The first-order valence-corrected chi connectivity index (χ1v) is 23.9. The second kappa shape index (κ2) is 13.0. The van der Waals surface area contributed by atoms with E-state index in [0.717, 1.165) is 24.1 Å². The third-order valence-electron chi connectivity index (χ3n) is 16.8. The minimum Gasteiger partial charge on any atom is -0.468 e. The maximum absolute atomic E-state index is 7.63. The van der Waals surface area contributed by atoms with Crippen molar-refractivity contribution in [1.82, 2.24) is 0 Å². The third kappa shape index (κ3) is 5.69. The fraction of sp³-hybridized carbons (Fsp3) is 0.448. The van der Waals surface area contributed by atoms with Crippen LogP contribution in [0.25, 0.3) is 21.7 Å². The highest BCUT2D eigenvalue weighted by Crippen LogP contribution is 2.54. The number of hydrogen-bond donors (Lipinski definition) is 0. The summed E-state index contributed by atoms with van der Waals surface area (Å²) in [5.41, 5.74) is 20.7. The molecule has 2 unspecified atom stereocenters. The van der Waals surface area contributed by atoms with E-state index in [-0.39, 0.29) is 33.8 Å². The van der Waals surface area contributed by atoms with Gasteiger partial charge in [-0.05, 0) is 159 Å². The Morgan fingerprint density at radius 1 is 0.645 bits per heavy atom. The molecule has 5 aliphatic rings. The second-order valence-electron chi connectivity index (χ2n) is 24.0. The number of benzene rings is 5. The minimum absolute atomic E-state index is 0.0497. The summed E-state index contributed by atoms with van der Waals surface area (Å²) in [4.78, 5) is 5.47. The van der Waals surface area contributed by atoms with Crippen molar-refractivity contribution in [2.75, 3.05) is 9.80 Å². The molecule has 0 radical (unpaired) electrons. The van der Waals surface area contributed by atoms with Gasteiger partial charge in [0.15, 0.2) is 0 Å². The largest absolute Gasteiger partial charge is 0.468 e. The van der Waals surface area contributed by atoms with E-state index in [9.17, 15) is 0 Å². The molecule has 2 aliphatic heterocycles. The Morgan fingerprint density at radius 2 is 1.24 bits per heavy atom. The molecule has 0 bridgehead atoms. The Labute approximate surface area is 372 Å². The van der Waals surface area contributed by atoms with Crippen molar-refractivity contribution in [3.05, 3.63) is 118 Å². The summed E-state index contributed by atoms with van der Waals surface area (Å²) >= 11 is 0. The molecule has 6 aromatic rings. The van der Waals surface area contributed by atoms with Gasteiger partial charge < -0.3 is 14.2 Å². The Kier molecular flexibility index (Phi) is 8.38. The van der Waals surface area contributed by atoms with Gasteiger partial charge in [0.2, 0.25) is 0 Å². The molecule has 0 fully saturated rings. The van der Waals surface area contributed by atoms with Gasteiger partial charge in [-0.25, -0.2) is 0 Å². The first kappa shape index (κ1) is 40.1. The summed E-state index contributed by atoms with van der Waals surface area (Å²) in [6.07, 6.45) is 9.50. The van der Waals surface area contributed by atoms with Crippen molar-refractivity contribution in [2.45, 2.75) is 156 Å². The van der Waals surface area contributed by atoms with Crippen LogP contribution in [-0.4, -0.2) is 12.8 Å². The quantitative estimate of drug-likeness (QED) is 0.128. The normalized spacial score (nSPS) is 22.7. The van der Waals surface area contributed by atoms with Gasteiger partial charge in [-0.15, -0.1) is 0 Å². The molecular formula is C58H67BN2O. The van der Waals surface area contributed by atoms with E-state index in [1.807, 2.05) is 0 Å². The molecular weight excluding hydrogens is 751 g/mol. The van der Waals surface area contributed by atoms with Gasteiger partial charge >= 0.3 is 0 Å². The van der Waals surface area contributed by atoms with Crippen LogP contribution in [0.5, 0.6) is 0 Å². The third-order valence-corrected chi connectivity index (χ3v) is 16.8. The van der Waals surface area contributed by atoms with Crippen LogP contribution >= 0.6 is 0 Å². The van der Waals surface area contributed by atoms with Crippen LogP contribution < -0.4 is 26.4 Å². The van der Waals surface area contributed by atoms with Crippen LogP contribution in [0.2, 0.25) is 0 Å². The zero-order valence-electron chi connectivity index (χ0n) is 39.9. The van der Waals surface area contributed by atoms with Crippen LogP contribution in [-0.2, 0) is 21.7 Å². The van der Waals surface area contributed by atoms with Crippen LogP contribution in [0.4, 0.5) is 28.4 Å². The molecule has 2 atom stereocenters. The van der Waals surface area contributed by atoms with E-state index in [1.54, 1.807) is 5.57 Å². The highest BCUT2D eigenvalue weighted by atomic mass is 16.3. The van der Waals surface area contributed by atoms with Crippen LogP contribution in [0.3, 0.4) is 0 Å². The van der Waals surface area contributed by atoms with Crippen LogP contribution in [0.1, 0.15) is 149 Å². The standard InChI is InChI=1S/C58H67BN2O/c1-34-27-48-51-49(28-34)61(46-20-16-18-36-17-14-15-19-38(36)46)52-39-30-41-44(58(12,13)26-23-55(41,6)7)33-50(39)62-53(52)59(51)45-31-42-43(57(10,11)25-24-56(42,8)9)32-47(45)60(48)37-21-22-40(35(2)29-37)54(3,4)5/h14-20,22,27-28,30-33,35,37H,21,23-26,29H2,1-13H3. The maximum Gasteiger partial charge on any atom is 0.297 e. The van der Waals surface area contributed by atoms with E-state index in [2.05, 4.69) is 185 Å². The predicted molar refractivity (Wildman–Crippen MR) is 267 cm³/mol. The summed E-state index contributed by atoms with van der Waals surface area (Å²) in [7, 11) is 0. The Bertz CT molecular complexity index is 2910. The Morgan fingerprint density at radius 3 is 1.90 bits per heavy atom. The molecule has 3 heterocycles. The lowest BCUT2D eigenvalue weighted by Crippen LogP contribution is -2.63. The monoisotopic (exact) mass is 819 g/mol. The Balaban J connectivity index is 1.27. The van der Waals surface area contributed by atoms with E-state index in [1.165, 1.54) is 109 Å². The molecule has 0 saturated carbocycles. The first-order chi connectivity index (χ1) is 29.2. The number of furan rings is 1. The lowest BCUT2D eigenvalue weighted by atomic mass is 9.35. The smallest absolute Gasteiger partial charge is 0.297 e. The molecule has 0 saturated heterocycles. The zero-order valence-corrected chi connectivity index (χ0v) is 39.9. The lowest BCUT2D eigenvalue weighted by molar-refractivity contribution is 0.332. The van der Waals surface area contributed by atoms with Gasteiger partial charge in [0.1, 0.15) is 5.58 Å². The molecule has 0 N–H and O–H groups in total. The van der Waals surface area contributed by atoms with Gasteiger partial charge in [-0.3, -0.25) is 0 Å². The van der Waals surface area contributed by atoms with Gasteiger partial charge in [0.05, 0.1) is 17.0 Å². The van der Waals surface area contributed by atoms with E-state index in [0.29, 0.717) is 12.0 Å². The molecule has 318 valence electrons. The molecule has 11 rings (SSSR count). The first-order valence-electron chi connectivity index (χ1n) is 23.9. The Hall–Kier alpha value is -4.70. The highest BCUT2D eigenvalue weighted by molar-refractivity contribution is 7.00. The number of rotatable bonds is 2. The topological polar surface area (TPSA) is 19.6 Å². The molecule has 62 heavy (non-hydrogen) atoms. The maximum atomic E-state index is 7.63. The summed E-state index contributed by atoms with van der Waals surface area (Å²) in [6, 6.07) is 31.5. The number of nitrogens with zero attached hydrogens (tertiary/aromatic N) is 2. The average Bonchev–Trinajstić information content (AvgIpc) is 3.58. The van der Waals surface area contributed by atoms with Gasteiger partial charge in [0.25, 0.3) is 6.71 Å². The van der Waals surface area contributed by atoms with Crippen molar-refractivity contribution in [3.8, 4) is 0 Å². The van der Waals surface area contributed by atoms with Crippen LogP contribution in [0, 0.1) is 18.3 Å². The molecule has 0 spiro atoms. The number of anilines is 5. The number of allylic oxidation sites excluding steroid dienone is 1. The molecule has 5 aromatic carbocycles. The summed E-state index contributed by atoms with van der Waals surface area (Å²) in [5, 5.41) is 3.75. The number of aryl methyl sites for hydroxylation is 1. The van der Waals surface area contributed by atoms with Crippen molar-refractivity contribution in [2.24, 2.45) is 11.3 Å². The van der Waals surface area contributed by atoms with Crippen molar-refractivity contribution in [3.63, 3.8) is 0 Å². The zero-order chi connectivity index (χ0) is 43.6. The van der Waals surface area contributed by atoms with Crippen molar-refractivity contribution < 1.29 is 4.42 Å². The molecule has 1 aromatic heterocycles. The summed E-state index contributed by atoms with van der Waals surface area (Å²) in [6.45, 7) is 31.7. The van der Waals surface area contributed by atoms with Crippen molar-refractivity contribution >= 4 is 73.5 Å². The van der Waals surface area contributed by atoms with Crippen molar-refractivity contribution in [1.29, 1.82) is 0 Å². The summed E-state index contributed by atoms with van der Waals surface area (Å²) in [5.74, 6) is 0.497. The second-order valence-corrected chi connectivity index (χ2v) is 24.0. The average molecular weight is 819 g/mol. The van der Waals surface area contributed by atoms with E-state index < -0.39 is 0 Å². The van der Waals surface area contributed by atoms with Crippen LogP contribution in [0.15, 0.2) is 94.9 Å². The number of hydrogen-bond acceptors (Lipinski definition) is 3. The summed E-state index contributed by atoms with van der Waals surface area (Å²) < 4.78 is 7.63. The molecule has 3 nitrogen and oxygen atoms in total. The SMILES string of the molecule is Cc1cc2c3c(c1)N(C1CC=C(C(C)(C)C)C(C)C1)c1cc4c(cc1B3c1oc3cc5c(cc3c1N2c1cccc2ccccc12)C(C)(C)CCC5(C)C)C(C)(C)CCC4(C)C. The highest BCUT2D eigenvalue weighted by Gasteiger charge is 2.51. The van der Waals surface area contributed by atoms with E-state index >= 15 is 0 Å². The fourth-order valence-corrected chi connectivity index (χ4v) is 13.2. The molecule has 0 amide bonds. The molecule has 4 heteroatoms. The fourth-order valence-electron chi connectivity index (χ4n) is 13.2. The van der Waals surface area contributed by atoms with E-state index in [4.69, 9.17) is 4.42 Å². The van der Waals surface area contributed by atoms with Gasteiger partial charge in [0, 0.05) is 33.9 Å². The minimum atomic E-state index is -0.0497. The molecule has 3 aliphatic carbocycles.